The Bertz CT molecular complexity index is 394. The summed E-state index contributed by atoms with van der Waals surface area (Å²) < 4.78 is 7.14. The highest BCUT2D eigenvalue weighted by Crippen LogP contribution is 2.11. The van der Waals surface area contributed by atoms with Crippen LogP contribution >= 0.6 is 0 Å². The van der Waals surface area contributed by atoms with E-state index >= 15 is 0 Å². The summed E-state index contributed by atoms with van der Waals surface area (Å²) in [7, 11) is 0. The van der Waals surface area contributed by atoms with Gasteiger partial charge in [0.2, 0.25) is 5.91 Å². The van der Waals surface area contributed by atoms with Gasteiger partial charge in [-0.25, -0.2) is 0 Å². The van der Waals surface area contributed by atoms with Crippen molar-refractivity contribution in [3.05, 3.63) is 12.4 Å². The van der Waals surface area contributed by atoms with Gasteiger partial charge in [0, 0.05) is 19.3 Å². The molecular weight excluding hydrogens is 220 g/mol. The Balaban J connectivity index is 1.95. The molecule has 6 heteroatoms. The number of nitrogens with zero attached hydrogens (tertiary/aromatic N) is 3. The van der Waals surface area contributed by atoms with Crippen LogP contribution in [0, 0.1) is 0 Å². The maximum Gasteiger partial charge on any atom is 0.244 e. The molecule has 1 aromatic rings. The second kappa shape index (κ2) is 4.75. The van der Waals surface area contributed by atoms with E-state index in [0.29, 0.717) is 18.8 Å². The van der Waals surface area contributed by atoms with Gasteiger partial charge < -0.3 is 15.4 Å². The number of hydrogen-bond donors (Lipinski definition) is 1. The first kappa shape index (κ1) is 11.9. The summed E-state index contributed by atoms with van der Waals surface area (Å²) >= 11 is 0. The Labute approximate surface area is 100 Å². The molecule has 0 saturated carbocycles. The Kier molecular flexibility index (Phi) is 3.33. The molecule has 0 spiro atoms. The number of nitrogens with two attached hydrogens (primary N) is 1. The average molecular weight is 238 g/mol. The lowest BCUT2D eigenvalue weighted by atomic mass is 10.2. The monoisotopic (exact) mass is 238 g/mol. The molecule has 0 bridgehead atoms. The predicted octanol–water partition coefficient (Wildman–Crippen LogP) is 0.101. The Morgan fingerprint density at radius 1 is 1.53 bits per heavy atom. The third kappa shape index (κ3) is 2.97. The average Bonchev–Trinajstić information content (AvgIpc) is 2.62. The van der Waals surface area contributed by atoms with Crippen LogP contribution < -0.4 is 5.73 Å². The van der Waals surface area contributed by atoms with Gasteiger partial charge in [-0.3, -0.25) is 9.48 Å². The SMILES string of the molecule is C[C@@H]1CN(C(=O)Cn2cc(N)cn2)C[C@H](C)O1. The predicted molar refractivity (Wildman–Crippen MR) is 63.2 cm³/mol. The van der Waals surface area contributed by atoms with E-state index in [-0.39, 0.29) is 24.7 Å². The summed E-state index contributed by atoms with van der Waals surface area (Å²) in [5, 5.41) is 4.00. The quantitative estimate of drug-likeness (QED) is 0.793. The van der Waals surface area contributed by atoms with Gasteiger partial charge in [0.15, 0.2) is 0 Å². The first-order chi connectivity index (χ1) is 8.04. The van der Waals surface area contributed by atoms with Gasteiger partial charge in [0.1, 0.15) is 6.54 Å². The molecule has 0 radical (unpaired) electrons. The van der Waals surface area contributed by atoms with E-state index in [1.165, 1.54) is 6.20 Å². The summed E-state index contributed by atoms with van der Waals surface area (Å²) in [5.41, 5.74) is 6.12. The summed E-state index contributed by atoms with van der Waals surface area (Å²) in [6, 6.07) is 0. The number of carbonyl (C=O) groups is 1. The standard InChI is InChI=1S/C11H18N4O2/c1-8-4-14(5-9(2)17-8)11(16)7-15-6-10(12)3-13-15/h3,6,8-9H,4-5,7,12H2,1-2H3/t8-,9+. The molecular formula is C11H18N4O2. The summed E-state index contributed by atoms with van der Waals surface area (Å²) in [5.74, 6) is 0.0510. The molecule has 1 aliphatic heterocycles. The molecule has 2 heterocycles. The normalized spacial score (nSPS) is 24.9. The van der Waals surface area contributed by atoms with Crippen LogP contribution in [0.3, 0.4) is 0 Å². The molecule has 94 valence electrons. The number of rotatable bonds is 2. The third-order valence-electron chi connectivity index (χ3n) is 2.72. The van der Waals surface area contributed by atoms with Crippen molar-refractivity contribution in [2.75, 3.05) is 18.8 Å². The molecule has 6 nitrogen and oxygen atoms in total. The Morgan fingerprint density at radius 2 is 2.18 bits per heavy atom. The molecule has 1 aromatic heterocycles. The molecule has 1 saturated heterocycles. The van der Waals surface area contributed by atoms with Crippen LogP contribution in [-0.4, -0.2) is 45.9 Å². The number of hydrogen-bond acceptors (Lipinski definition) is 4. The van der Waals surface area contributed by atoms with Crippen LogP contribution in [0.15, 0.2) is 12.4 Å². The molecule has 1 aliphatic rings. The summed E-state index contributed by atoms with van der Waals surface area (Å²) in [6.45, 7) is 5.46. The molecule has 17 heavy (non-hydrogen) atoms. The lowest BCUT2D eigenvalue weighted by Gasteiger charge is -2.35. The van der Waals surface area contributed by atoms with Crippen LogP contribution in [-0.2, 0) is 16.1 Å². The van der Waals surface area contributed by atoms with E-state index < -0.39 is 0 Å². The van der Waals surface area contributed by atoms with Gasteiger partial charge in [-0.1, -0.05) is 0 Å². The van der Waals surface area contributed by atoms with Crippen LogP contribution in [0.25, 0.3) is 0 Å². The third-order valence-corrected chi connectivity index (χ3v) is 2.72. The van der Waals surface area contributed by atoms with Crippen molar-refractivity contribution in [2.45, 2.75) is 32.6 Å². The minimum absolute atomic E-state index is 0.0510. The Morgan fingerprint density at radius 3 is 2.71 bits per heavy atom. The first-order valence-electron chi connectivity index (χ1n) is 5.75. The lowest BCUT2D eigenvalue weighted by molar-refractivity contribution is -0.144. The highest BCUT2D eigenvalue weighted by molar-refractivity contribution is 5.76. The van der Waals surface area contributed by atoms with Crippen molar-refractivity contribution in [3.8, 4) is 0 Å². The topological polar surface area (TPSA) is 73.4 Å². The second-order valence-electron chi connectivity index (χ2n) is 4.53. The van der Waals surface area contributed by atoms with E-state index in [2.05, 4.69) is 5.10 Å². The van der Waals surface area contributed by atoms with Crippen LogP contribution in [0.5, 0.6) is 0 Å². The van der Waals surface area contributed by atoms with Gasteiger partial charge in [0.25, 0.3) is 0 Å². The number of carbonyl (C=O) groups excluding carboxylic acids is 1. The summed E-state index contributed by atoms with van der Waals surface area (Å²) in [4.78, 5) is 13.9. The maximum absolute atomic E-state index is 12.0. The van der Waals surface area contributed by atoms with E-state index in [0.717, 1.165) is 0 Å². The molecule has 0 unspecified atom stereocenters. The molecule has 1 amide bonds. The molecule has 0 aromatic carbocycles. The molecule has 2 N–H and O–H groups in total. The highest BCUT2D eigenvalue weighted by atomic mass is 16.5. The fourth-order valence-corrected chi connectivity index (χ4v) is 2.09. The van der Waals surface area contributed by atoms with Crippen molar-refractivity contribution < 1.29 is 9.53 Å². The minimum atomic E-state index is 0.0510. The second-order valence-corrected chi connectivity index (χ2v) is 4.53. The largest absolute Gasteiger partial charge is 0.396 e. The number of nitrogen functional groups attached to an aromatic ring is 1. The van der Waals surface area contributed by atoms with Gasteiger partial charge in [0.05, 0.1) is 24.1 Å². The summed E-state index contributed by atoms with van der Waals surface area (Å²) in [6.07, 6.45) is 3.37. The van der Waals surface area contributed by atoms with Crippen molar-refractivity contribution in [1.82, 2.24) is 14.7 Å². The number of ether oxygens (including phenoxy) is 1. The molecule has 2 atom stereocenters. The van der Waals surface area contributed by atoms with Gasteiger partial charge >= 0.3 is 0 Å². The lowest BCUT2D eigenvalue weighted by Crippen LogP contribution is -2.49. The van der Waals surface area contributed by atoms with E-state index in [9.17, 15) is 4.79 Å². The smallest absolute Gasteiger partial charge is 0.244 e. The fraction of sp³-hybridized carbons (Fsp3) is 0.636. The first-order valence-corrected chi connectivity index (χ1v) is 5.75. The van der Waals surface area contributed by atoms with E-state index in [1.54, 1.807) is 10.9 Å². The number of aromatic nitrogens is 2. The van der Waals surface area contributed by atoms with Crippen LogP contribution in [0.1, 0.15) is 13.8 Å². The Hall–Kier alpha value is -1.56. The van der Waals surface area contributed by atoms with Crippen molar-refractivity contribution in [1.29, 1.82) is 0 Å². The van der Waals surface area contributed by atoms with E-state index in [4.69, 9.17) is 10.5 Å². The zero-order valence-electron chi connectivity index (χ0n) is 10.2. The van der Waals surface area contributed by atoms with Gasteiger partial charge in [-0.2, -0.15) is 5.10 Å². The van der Waals surface area contributed by atoms with Gasteiger partial charge in [-0.05, 0) is 13.8 Å². The molecule has 0 aliphatic carbocycles. The van der Waals surface area contributed by atoms with Crippen molar-refractivity contribution >= 4 is 11.6 Å². The van der Waals surface area contributed by atoms with Crippen LogP contribution in [0.4, 0.5) is 5.69 Å². The fourth-order valence-electron chi connectivity index (χ4n) is 2.09. The minimum Gasteiger partial charge on any atom is -0.396 e. The van der Waals surface area contributed by atoms with E-state index in [1.807, 2.05) is 18.7 Å². The zero-order chi connectivity index (χ0) is 12.4. The molecule has 2 rings (SSSR count). The maximum atomic E-state index is 12.0. The molecule has 1 fully saturated rings. The zero-order valence-corrected chi connectivity index (χ0v) is 10.2. The highest BCUT2D eigenvalue weighted by Gasteiger charge is 2.25. The number of morpholine rings is 1. The van der Waals surface area contributed by atoms with Crippen molar-refractivity contribution in [3.63, 3.8) is 0 Å². The van der Waals surface area contributed by atoms with Crippen molar-refractivity contribution in [2.24, 2.45) is 0 Å². The van der Waals surface area contributed by atoms with Gasteiger partial charge in [-0.15, -0.1) is 0 Å². The number of amides is 1. The number of anilines is 1. The van der Waals surface area contributed by atoms with Crippen LogP contribution in [0.2, 0.25) is 0 Å².